The van der Waals surface area contributed by atoms with Crippen LogP contribution in [0.2, 0.25) is 0 Å². The molecule has 2 heterocycles. The summed E-state index contributed by atoms with van der Waals surface area (Å²) in [5.74, 6) is 0. The number of hydrogen-bond donors (Lipinski definition) is 3. The Morgan fingerprint density at radius 2 is 2.09 bits per heavy atom. The average Bonchev–Trinajstić information content (AvgIpc) is 2.40. The van der Waals surface area contributed by atoms with Crippen LogP contribution in [0.1, 0.15) is 32.9 Å². The molecular formula is C15H21BrN2O4. The molecule has 3 N–H and O–H groups in total. The van der Waals surface area contributed by atoms with Crippen LogP contribution >= 0.6 is 15.9 Å². The van der Waals surface area contributed by atoms with Gasteiger partial charge in [0.25, 0.3) is 0 Å². The first kappa shape index (κ1) is 17.2. The number of halogens is 1. The van der Waals surface area contributed by atoms with Gasteiger partial charge in [0.15, 0.2) is 0 Å². The summed E-state index contributed by atoms with van der Waals surface area (Å²) < 4.78 is 0.554. The predicted molar refractivity (Wildman–Crippen MR) is 84.4 cm³/mol. The number of pyridine rings is 1. The van der Waals surface area contributed by atoms with Crippen LogP contribution in [-0.4, -0.2) is 50.0 Å². The number of hydrogen-bond acceptors (Lipinski definition) is 4. The van der Waals surface area contributed by atoms with E-state index in [9.17, 15) is 20.1 Å². The lowest BCUT2D eigenvalue weighted by atomic mass is 9.71. The fraction of sp³-hybridized carbons (Fsp3) is 0.600. The lowest BCUT2D eigenvalue weighted by Crippen LogP contribution is -2.65. The summed E-state index contributed by atoms with van der Waals surface area (Å²) in [5.41, 5.74) is -1.76. The molecule has 7 heteroatoms. The maximum Gasteiger partial charge on any atom is 0.407 e. The Morgan fingerprint density at radius 1 is 1.45 bits per heavy atom. The van der Waals surface area contributed by atoms with E-state index in [1.54, 1.807) is 18.2 Å². The van der Waals surface area contributed by atoms with Gasteiger partial charge in [-0.3, -0.25) is 0 Å². The molecule has 0 aliphatic carbocycles. The summed E-state index contributed by atoms with van der Waals surface area (Å²) in [6.07, 6.45) is -2.27. The predicted octanol–water partition coefficient (Wildman–Crippen LogP) is 2.19. The maximum atomic E-state index is 11.5. The summed E-state index contributed by atoms with van der Waals surface area (Å²) >= 11 is 3.25. The van der Waals surface area contributed by atoms with Gasteiger partial charge in [-0.2, -0.15) is 0 Å². The molecule has 0 spiro atoms. The monoisotopic (exact) mass is 372 g/mol. The van der Waals surface area contributed by atoms with E-state index in [2.05, 4.69) is 20.9 Å². The molecule has 1 aromatic heterocycles. The number of aliphatic hydroxyl groups excluding tert-OH is 1. The summed E-state index contributed by atoms with van der Waals surface area (Å²) in [6.45, 7) is 5.67. The number of nitrogens with zero attached hydrogens (tertiary/aromatic N) is 2. The standard InChI is InChI=1S/C15H21BrN2O4/c1-14(2,3)11-12(19)15(22,7-8-18(11)13(20)21)9-5-4-6-10(16)17-9/h4-6,11-12,19,22H,7-8H2,1-3H3,(H,20,21)/t11?,12-,15-/m1/s1. The summed E-state index contributed by atoms with van der Waals surface area (Å²) in [4.78, 5) is 16.9. The Morgan fingerprint density at radius 3 is 2.59 bits per heavy atom. The first-order valence-electron chi connectivity index (χ1n) is 7.10. The fourth-order valence-electron chi connectivity index (χ4n) is 3.09. The molecule has 2 rings (SSSR count). The molecule has 0 aromatic carbocycles. The number of amides is 1. The molecule has 1 saturated heterocycles. The van der Waals surface area contributed by atoms with Crippen LogP contribution < -0.4 is 0 Å². The number of carbonyl (C=O) groups is 1. The number of likely N-dealkylation sites (tertiary alicyclic amines) is 1. The quantitative estimate of drug-likeness (QED) is 0.656. The van der Waals surface area contributed by atoms with E-state index in [4.69, 9.17) is 0 Å². The highest BCUT2D eigenvalue weighted by Gasteiger charge is 2.53. The van der Waals surface area contributed by atoms with E-state index < -0.39 is 29.3 Å². The zero-order chi connectivity index (χ0) is 16.7. The molecule has 6 nitrogen and oxygen atoms in total. The Labute approximate surface area is 137 Å². The number of rotatable bonds is 1. The average molecular weight is 373 g/mol. The third-order valence-corrected chi connectivity index (χ3v) is 4.59. The van der Waals surface area contributed by atoms with Gasteiger partial charge < -0.3 is 20.2 Å². The smallest absolute Gasteiger partial charge is 0.407 e. The lowest BCUT2D eigenvalue weighted by Gasteiger charge is -2.51. The first-order chi connectivity index (χ1) is 10.1. The molecule has 1 unspecified atom stereocenters. The van der Waals surface area contributed by atoms with Crippen molar-refractivity contribution >= 4 is 22.0 Å². The molecular weight excluding hydrogens is 352 g/mol. The second kappa shape index (κ2) is 5.79. The van der Waals surface area contributed by atoms with E-state index in [0.29, 0.717) is 10.3 Å². The van der Waals surface area contributed by atoms with Crippen LogP contribution in [-0.2, 0) is 5.60 Å². The van der Waals surface area contributed by atoms with Crippen molar-refractivity contribution in [3.63, 3.8) is 0 Å². The molecule has 3 atom stereocenters. The van der Waals surface area contributed by atoms with Gasteiger partial charge >= 0.3 is 6.09 Å². The van der Waals surface area contributed by atoms with Gasteiger partial charge in [-0.05, 0) is 33.5 Å². The first-order valence-corrected chi connectivity index (χ1v) is 7.90. The second-order valence-corrected chi connectivity index (χ2v) is 7.56. The largest absolute Gasteiger partial charge is 0.465 e. The van der Waals surface area contributed by atoms with Gasteiger partial charge in [-0.25, -0.2) is 9.78 Å². The van der Waals surface area contributed by atoms with Crippen molar-refractivity contribution in [2.45, 2.75) is 44.9 Å². The van der Waals surface area contributed by atoms with Crippen molar-refractivity contribution in [2.75, 3.05) is 6.54 Å². The SMILES string of the molecule is CC(C)(C)C1[C@@H](O)[C@](O)(c2cccc(Br)n2)CCN1C(=O)O. The van der Waals surface area contributed by atoms with Gasteiger partial charge in [0, 0.05) is 13.0 Å². The number of aliphatic hydroxyl groups is 2. The Bertz CT molecular complexity index is 575. The molecule has 1 aliphatic rings. The van der Waals surface area contributed by atoms with Crippen LogP contribution in [0.25, 0.3) is 0 Å². The van der Waals surface area contributed by atoms with Crippen LogP contribution in [0.5, 0.6) is 0 Å². The van der Waals surface area contributed by atoms with Crippen molar-refractivity contribution in [3.8, 4) is 0 Å². The van der Waals surface area contributed by atoms with Crippen molar-refractivity contribution in [1.29, 1.82) is 0 Å². The Kier molecular flexibility index (Phi) is 4.52. The van der Waals surface area contributed by atoms with E-state index in [1.165, 1.54) is 4.90 Å². The normalized spacial score (nSPS) is 29.5. The molecule has 1 aromatic rings. The van der Waals surface area contributed by atoms with E-state index >= 15 is 0 Å². The van der Waals surface area contributed by atoms with Crippen LogP contribution in [0.15, 0.2) is 22.8 Å². The van der Waals surface area contributed by atoms with Gasteiger partial charge in [0.05, 0.1) is 11.7 Å². The maximum absolute atomic E-state index is 11.5. The Balaban J connectivity index is 2.46. The zero-order valence-corrected chi connectivity index (χ0v) is 14.4. The third-order valence-electron chi connectivity index (χ3n) is 4.15. The molecule has 1 amide bonds. The highest BCUT2D eigenvalue weighted by molar-refractivity contribution is 9.10. The second-order valence-electron chi connectivity index (χ2n) is 6.75. The van der Waals surface area contributed by atoms with Crippen molar-refractivity contribution < 1.29 is 20.1 Å². The topological polar surface area (TPSA) is 93.9 Å². The molecule has 0 bridgehead atoms. The van der Waals surface area contributed by atoms with Crippen LogP contribution in [0.4, 0.5) is 4.79 Å². The van der Waals surface area contributed by atoms with Crippen molar-refractivity contribution in [3.05, 3.63) is 28.5 Å². The number of piperidine rings is 1. The molecule has 122 valence electrons. The Hall–Kier alpha value is -1.18. The third kappa shape index (κ3) is 2.98. The summed E-state index contributed by atoms with van der Waals surface area (Å²) in [6, 6.07) is 4.37. The molecule has 1 fully saturated rings. The van der Waals surface area contributed by atoms with E-state index in [0.717, 1.165) is 0 Å². The minimum Gasteiger partial charge on any atom is -0.465 e. The molecule has 22 heavy (non-hydrogen) atoms. The highest BCUT2D eigenvalue weighted by Crippen LogP contribution is 2.41. The van der Waals surface area contributed by atoms with Crippen LogP contribution in [0, 0.1) is 5.41 Å². The summed E-state index contributed by atoms with van der Waals surface area (Å²) in [7, 11) is 0. The fourth-order valence-corrected chi connectivity index (χ4v) is 3.44. The number of carboxylic acid groups (broad SMARTS) is 1. The van der Waals surface area contributed by atoms with E-state index in [-0.39, 0.29) is 13.0 Å². The van der Waals surface area contributed by atoms with Gasteiger partial charge in [-0.15, -0.1) is 0 Å². The minimum absolute atomic E-state index is 0.0938. The van der Waals surface area contributed by atoms with Crippen molar-refractivity contribution in [1.82, 2.24) is 9.88 Å². The van der Waals surface area contributed by atoms with Crippen LogP contribution in [0.3, 0.4) is 0 Å². The van der Waals surface area contributed by atoms with E-state index in [1.807, 2.05) is 20.8 Å². The zero-order valence-electron chi connectivity index (χ0n) is 12.8. The molecule has 0 saturated carbocycles. The van der Waals surface area contributed by atoms with Gasteiger partial charge in [-0.1, -0.05) is 26.8 Å². The minimum atomic E-state index is -1.58. The van der Waals surface area contributed by atoms with Gasteiger partial charge in [0.1, 0.15) is 16.3 Å². The molecule has 1 aliphatic heterocycles. The summed E-state index contributed by atoms with van der Waals surface area (Å²) in [5, 5.41) is 31.2. The molecule has 0 radical (unpaired) electrons. The van der Waals surface area contributed by atoms with Gasteiger partial charge in [0.2, 0.25) is 0 Å². The number of aromatic nitrogens is 1. The van der Waals surface area contributed by atoms with Crippen molar-refractivity contribution in [2.24, 2.45) is 5.41 Å². The highest BCUT2D eigenvalue weighted by atomic mass is 79.9. The lowest BCUT2D eigenvalue weighted by molar-refractivity contribution is -0.166.